The number of amides is 2. The Kier molecular flexibility index (Phi) is 3.34. The fourth-order valence-corrected chi connectivity index (χ4v) is 3.12. The van der Waals surface area contributed by atoms with E-state index in [0.29, 0.717) is 16.9 Å². The fraction of sp³-hybridized carbons (Fsp3) is 0.158. The Morgan fingerprint density at radius 1 is 1.04 bits per heavy atom. The molecule has 3 aromatic rings. The number of rotatable bonds is 3. The first-order valence-corrected chi connectivity index (χ1v) is 8.04. The van der Waals surface area contributed by atoms with Crippen molar-refractivity contribution in [3.8, 4) is 0 Å². The lowest BCUT2D eigenvalue weighted by Crippen LogP contribution is -2.47. The standard InChI is InChI=1S/C19H16N3O2/c1-2-5-13-8-10-14(11-9-13)21-18(23)17-12-20-15-6-3-4-7-16(15)22(17)19(21)24/h3-4,6-12H,2,5H2,1H3/q+1/p+1. The second-order valence-corrected chi connectivity index (χ2v) is 5.87. The molecule has 1 aromatic heterocycles. The number of aromatic amines is 1. The molecule has 2 amide bonds. The number of hydrogen-bond donors (Lipinski definition) is 0. The Hall–Kier alpha value is -3.08. The van der Waals surface area contributed by atoms with E-state index in [0.717, 1.165) is 18.4 Å². The number of imide groups is 1. The molecular weight excluding hydrogens is 302 g/mol. The molecule has 0 unspecified atom stereocenters. The second-order valence-electron chi connectivity index (χ2n) is 5.87. The van der Waals surface area contributed by atoms with Crippen LogP contribution in [0.4, 0.5) is 10.5 Å². The molecule has 0 atom stereocenters. The van der Waals surface area contributed by atoms with Gasteiger partial charge in [-0.2, -0.15) is 4.79 Å². The predicted octanol–water partition coefficient (Wildman–Crippen LogP) is 2.52. The maximum atomic E-state index is 12.9. The predicted molar refractivity (Wildman–Crippen MR) is 88.7 cm³/mol. The van der Waals surface area contributed by atoms with Gasteiger partial charge in [0.15, 0.2) is 0 Å². The van der Waals surface area contributed by atoms with Crippen LogP contribution in [0.3, 0.4) is 0 Å². The normalized spacial score (nSPS) is 13.6. The molecule has 2 aromatic carbocycles. The van der Waals surface area contributed by atoms with E-state index in [-0.39, 0.29) is 11.9 Å². The van der Waals surface area contributed by atoms with E-state index in [9.17, 15) is 9.59 Å². The van der Waals surface area contributed by atoms with Crippen LogP contribution in [-0.2, 0) is 6.42 Å². The summed E-state index contributed by atoms with van der Waals surface area (Å²) in [6.07, 6.45) is 3.63. The highest BCUT2D eigenvalue weighted by molar-refractivity contribution is 6.21. The highest BCUT2D eigenvalue weighted by Crippen LogP contribution is 2.22. The number of para-hydroxylation sites is 2. The average Bonchev–Trinajstić information content (AvgIpc) is 2.87. The van der Waals surface area contributed by atoms with Crippen molar-refractivity contribution in [1.82, 2.24) is 0 Å². The maximum Gasteiger partial charge on any atom is 0.512 e. The van der Waals surface area contributed by atoms with E-state index >= 15 is 0 Å². The van der Waals surface area contributed by atoms with Gasteiger partial charge in [0, 0.05) is 6.07 Å². The van der Waals surface area contributed by atoms with Crippen molar-refractivity contribution >= 4 is 28.7 Å². The van der Waals surface area contributed by atoms with Gasteiger partial charge in [0.1, 0.15) is 5.69 Å². The number of nitrogens with zero attached hydrogens (tertiary/aromatic N) is 2. The first kappa shape index (κ1) is 14.5. The summed E-state index contributed by atoms with van der Waals surface area (Å²) in [5.74, 6) is -0.315. The van der Waals surface area contributed by atoms with Crippen LogP contribution in [0.25, 0.3) is 11.0 Å². The Bertz CT molecular complexity index is 964. The third-order valence-corrected chi connectivity index (χ3v) is 4.29. The lowest BCUT2D eigenvalue weighted by molar-refractivity contribution is -0.551. The third kappa shape index (κ3) is 2.09. The number of anilines is 1. The van der Waals surface area contributed by atoms with Crippen molar-refractivity contribution in [2.45, 2.75) is 19.8 Å². The van der Waals surface area contributed by atoms with Gasteiger partial charge in [-0.1, -0.05) is 37.6 Å². The van der Waals surface area contributed by atoms with Crippen molar-refractivity contribution < 1.29 is 19.1 Å². The van der Waals surface area contributed by atoms with Crippen molar-refractivity contribution in [1.29, 1.82) is 0 Å². The number of hydrogen-bond acceptors (Lipinski definition) is 2. The molecule has 0 aliphatic carbocycles. The number of fused-ring (bicyclic) bond motifs is 3. The Balaban J connectivity index is 1.80. The minimum Gasteiger partial charge on any atom is -0.236 e. The zero-order chi connectivity index (χ0) is 16.7. The molecule has 4 rings (SSSR count). The Labute approximate surface area is 139 Å². The number of nitrogens with one attached hydrogen (secondary N) is 1. The minimum absolute atomic E-state index is 0.315. The van der Waals surface area contributed by atoms with Gasteiger partial charge in [-0.3, -0.25) is 0 Å². The van der Waals surface area contributed by atoms with Gasteiger partial charge in [0.2, 0.25) is 11.7 Å². The third-order valence-electron chi connectivity index (χ3n) is 4.29. The summed E-state index contributed by atoms with van der Waals surface area (Å²) in [5.41, 5.74) is 3.64. The van der Waals surface area contributed by atoms with E-state index in [1.807, 2.05) is 48.5 Å². The topological polar surface area (TPSA) is 55.4 Å². The molecule has 0 saturated carbocycles. The zero-order valence-corrected chi connectivity index (χ0v) is 13.3. The van der Waals surface area contributed by atoms with Crippen LogP contribution in [0, 0.1) is 0 Å². The van der Waals surface area contributed by atoms with E-state index in [1.54, 1.807) is 6.20 Å². The molecule has 0 bridgehead atoms. The molecule has 118 valence electrons. The van der Waals surface area contributed by atoms with Gasteiger partial charge in [-0.25, -0.2) is 9.78 Å². The quantitative estimate of drug-likeness (QED) is 0.697. The van der Waals surface area contributed by atoms with Crippen molar-refractivity contribution in [3.63, 3.8) is 0 Å². The summed E-state index contributed by atoms with van der Waals surface area (Å²) in [4.78, 5) is 29.9. The van der Waals surface area contributed by atoms with Crippen LogP contribution >= 0.6 is 0 Å². The van der Waals surface area contributed by atoms with Gasteiger partial charge in [0.25, 0.3) is 11.2 Å². The lowest BCUT2D eigenvalue weighted by Gasteiger charge is -2.05. The molecule has 5 heteroatoms. The molecular formula is C19H17N3O2+2. The van der Waals surface area contributed by atoms with Gasteiger partial charge < -0.3 is 0 Å². The van der Waals surface area contributed by atoms with Crippen molar-refractivity contribution in [3.05, 3.63) is 66.0 Å². The summed E-state index contributed by atoms with van der Waals surface area (Å²) >= 11 is 0. The number of aryl methyl sites for hydroxylation is 1. The highest BCUT2D eigenvalue weighted by atomic mass is 16.2. The monoisotopic (exact) mass is 319 g/mol. The Morgan fingerprint density at radius 3 is 2.54 bits per heavy atom. The van der Waals surface area contributed by atoms with E-state index in [2.05, 4.69) is 11.9 Å². The number of aromatic nitrogens is 2. The largest absolute Gasteiger partial charge is 0.512 e. The maximum absolute atomic E-state index is 12.9. The van der Waals surface area contributed by atoms with Crippen molar-refractivity contribution in [2.75, 3.05) is 4.90 Å². The average molecular weight is 319 g/mol. The Morgan fingerprint density at radius 2 is 1.79 bits per heavy atom. The number of H-pyrrole nitrogens is 1. The molecule has 5 nitrogen and oxygen atoms in total. The molecule has 2 heterocycles. The summed E-state index contributed by atoms with van der Waals surface area (Å²) in [6.45, 7) is 2.12. The van der Waals surface area contributed by atoms with Crippen LogP contribution < -0.4 is 14.5 Å². The highest BCUT2D eigenvalue weighted by Gasteiger charge is 2.49. The zero-order valence-electron chi connectivity index (χ0n) is 13.3. The van der Waals surface area contributed by atoms with Crippen molar-refractivity contribution in [2.24, 2.45) is 0 Å². The molecule has 24 heavy (non-hydrogen) atoms. The van der Waals surface area contributed by atoms with Gasteiger partial charge in [0.05, 0.1) is 0 Å². The van der Waals surface area contributed by atoms with Crippen LogP contribution in [-0.4, -0.2) is 11.9 Å². The van der Waals surface area contributed by atoms with Crippen LogP contribution in [0.5, 0.6) is 0 Å². The summed E-state index contributed by atoms with van der Waals surface area (Å²) in [5, 5.41) is 0. The van der Waals surface area contributed by atoms with Crippen LogP contribution in [0.2, 0.25) is 0 Å². The van der Waals surface area contributed by atoms with Gasteiger partial charge in [-0.05, 0) is 30.2 Å². The number of benzene rings is 2. The number of carbonyl (C=O) groups is 2. The first-order valence-electron chi connectivity index (χ1n) is 8.04. The molecule has 1 aliphatic rings. The fourth-order valence-electron chi connectivity index (χ4n) is 3.12. The second kappa shape index (κ2) is 5.53. The first-order chi connectivity index (χ1) is 11.7. The van der Waals surface area contributed by atoms with Crippen LogP contribution in [0.1, 0.15) is 29.4 Å². The summed E-state index contributed by atoms with van der Waals surface area (Å²) < 4.78 is 1.47. The molecule has 1 aliphatic heterocycles. The van der Waals surface area contributed by atoms with E-state index in [4.69, 9.17) is 0 Å². The van der Waals surface area contributed by atoms with E-state index in [1.165, 1.54) is 15.0 Å². The molecule has 0 spiro atoms. The molecule has 0 fully saturated rings. The lowest BCUT2D eigenvalue weighted by atomic mass is 10.1. The summed E-state index contributed by atoms with van der Waals surface area (Å²) in [6, 6.07) is 14.7. The van der Waals surface area contributed by atoms with Crippen LogP contribution in [0.15, 0.2) is 54.7 Å². The van der Waals surface area contributed by atoms with Gasteiger partial charge >= 0.3 is 11.9 Å². The molecule has 0 saturated heterocycles. The number of carbonyl (C=O) groups excluding carboxylic acids is 2. The molecule has 1 N–H and O–H groups in total. The molecule has 0 radical (unpaired) electrons. The minimum atomic E-state index is -0.344. The SMILES string of the molecule is CCCc1ccc(N2C(=O)c3c[nH+]c4ccccc4[n+]3C2=O)cc1. The van der Waals surface area contributed by atoms with Gasteiger partial charge in [-0.15, -0.1) is 9.47 Å². The summed E-state index contributed by atoms with van der Waals surface area (Å²) in [7, 11) is 0. The van der Waals surface area contributed by atoms with E-state index < -0.39 is 0 Å². The smallest absolute Gasteiger partial charge is 0.236 e.